The van der Waals surface area contributed by atoms with E-state index in [0.29, 0.717) is 39.5 Å². The van der Waals surface area contributed by atoms with Gasteiger partial charge in [-0.05, 0) is 49.4 Å². The van der Waals surface area contributed by atoms with Gasteiger partial charge in [0.2, 0.25) is 5.13 Å². The average molecular weight is 436 g/mol. The third-order valence-electron chi connectivity index (χ3n) is 4.49. The predicted octanol–water partition coefficient (Wildman–Crippen LogP) is 4.61. The molecule has 8 heteroatoms. The molecule has 0 radical (unpaired) electrons. The van der Waals surface area contributed by atoms with Crippen LogP contribution in [-0.2, 0) is 16.0 Å². The van der Waals surface area contributed by atoms with E-state index in [0.717, 1.165) is 11.3 Å². The van der Waals surface area contributed by atoms with Gasteiger partial charge in [-0.25, -0.2) is 9.98 Å². The number of nitrogens with zero attached hydrogens (tertiary/aromatic N) is 2. The highest BCUT2D eigenvalue weighted by molar-refractivity contribution is 7.13. The van der Waals surface area contributed by atoms with Gasteiger partial charge >= 0.3 is 5.97 Å². The van der Waals surface area contributed by atoms with Crippen LogP contribution in [0.2, 0.25) is 0 Å². The molecule has 4 rings (SSSR count). The van der Waals surface area contributed by atoms with Gasteiger partial charge in [0.1, 0.15) is 22.8 Å². The van der Waals surface area contributed by atoms with Crippen LogP contribution in [0.25, 0.3) is 22.3 Å². The summed E-state index contributed by atoms with van der Waals surface area (Å²) in [6.07, 6.45) is 0.0998. The first-order valence-corrected chi connectivity index (χ1v) is 10.5. The van der Waals surface area contributed by atoms with E-state index in [2.05, 4.69) is 9.98 Å². The van der Waals surface area contributed by atoms with Gasteiger partial charge in [0.15, 0.2) is 0 Å². The number of aromatic nitrogens is 1. The molecule has 158 valence electrons. The minimum absolute atomic E-state index is 0.0998. The van der Waals surface area contributed by atoms with E-state index in [4.69, 9.17) is 13.9 Å². The SMILES string of the molecule is CCOC(=O)Cc1csc(/N=c2\cc(-c3ccc(OC)cc3)oc3ccc(O)cc23)n1. The van der Waals surface area contributed by atoms with Crippen LogP contribution in [-0.4, -0.2) is 29.8 Å². The molecule has 2 aromatic carbocycles. The second-order valence-corrected chi connectivity index (χ2v) is 7.46. The number of carbonyl (C=O) groups excluding carboxylic acids is 1. The van der Waals surface area contributed by atoms with Crippen molar-refractivity contribution in [2.75, 3.05) is 13.7 Å². The highest BCUT2D eigenvalue weighted by atomic mass is 32.1. The summed E-state index contributed by atoms with van der Waals surface area (Å²) in [5.41, 5.74) is 2.04. The lowest BCUT2D eigenvalue weighted by atomic mass is 10.1. The zero-order chi connectivity index (χ0) is 21.8. The lowest BCUT2D eigenvalue weighted by Crippen LogP contribution is -2.07. The summed E-state index contributed by atoms with van der Waals surface area (Å²) in [6, 6.07) is 14.2. The van der Waals surface area contributed by atoms with Crippen LogP contribution in [0.5, 0.6) is 11.5 Å². The number of ether oxygens (including phenoxy) is 2. The maximum atomic E-state index is 11.7. The molecule has 2 heterocycles. The second kappa shape index (κ2) is 9.01. The Labute approximate surface area is 182 Å². The third kappa shape index (κ3) is 4.75. The Balaban J connectivity index is 1.79. The van der Waals surface area contributed by atoms with Crippen LogP contribution in [0.4, 0.5) is 5.13 Å². The van der Waals surface area contributed by atoms with E-state index in [1.807, 2.05) is 24.3 Å². The van der Waals surface area contributed by atoms with Crippen molar-refractivity contribution in [1.29, 1.82) is 0 Å². The molecular weight excluding hydrogens is 416 g/mol. The zero-order valence-corrected chi connectivity index (χ0v) is 17.8. The molecule has 0 amide bonds. The van der Waals surface area contributed by atoms with E-state index in [1.54, 1.807) is 43.7 Å². The molecule has 0 bridgehead atoms. The van der Waals surface area contributed by atoms with E-state index < -0.39 is 0 Å². The Bertz CT molecular complexity index is 1290. The Morgan fingerprint density at radius 3 is 2.74 bits per heavy atom. The maximum absolute atomic E-state index is 11.7. The molecule has 0 saturated heterocycles. The highest BCUT2D eigenvalue weighted by Gasteiger charge is 2.10. The molecule has 1 N–H and O–H groups in total. The number of hydrogen-bond acceptors (Lipinski definition) is 8. The van der Waals surface area contributed by atoms with E-state index in [9.17, 15) is 9.90 Å². The largest absolute Gasteiger partial charge is 0.508 e. The van der Waals surface area contributed by atoms with Gasteiger partial charge in [0, 0.05) is 22.4 Å². The number of esters is 1. The summed E-state index contributed by atoms with van der Waals surface area (Å²) in [5, 5.41) is 13.5. The van der Waals surface area contributed by atoms with E-state index in [1.165, 1.54) is 11.3 Å². The number of carbonyl (C=O) groups is 1. The van der Waals surface area contributed by atoms with Crippen molar-refractivity contribution in [2.45, 2.75) is 13.3 Å². The Hall–Kier alpha value is -3.65. The minimum atomic E-state index is -0.324. The molecule has 0 aliphatic heterocycles. The van der Waals surface area contributed by atoms with Crippen molar-refractivity contribution in [3.8, 4) is 22.8 Å². The Kier molecular flexibility index (Phi) is 5.99. The van der Waals surface area contributed by atoms with Gasteiger partial charge in [0.25, 0.3) is 0 Å². The summed E-state index contributed by atoms with van der Waals surface area (Å²) in [7, 11) is 1.61. The Morgan fingerprint density at radius 2 is 2.00 bits per heavy atom. The molecule has 0 atom stereocenters. The molecule has 4 aromatic rings. The summed E-state index contributed by atoms with van der Waals surface area (Å²) in [4.78, 5) is 20.8. The van der Waals surface area contributed by atoms with Crippen molar-refractivity contribution in [1.82, 2.24) is 4.98 Å². The number of aromatic hydroxyl groups is 1. The maximum Gasteiger partial charge on any atom is 0.311 e. The first kappa shape index (κ1) is 20.6. The third-order valence-corrected chi connectivity index (χ3v) is 5.27. The van der Waals surface area contributed by atoms with Gasteiger partial charge in [-0.3, -0.25) is 4.79 Å². The first-order valence-electron chi connectivity index (χ1n) is 9.62. The van der Waals surface area contributed by atoms with Gasteiger partial charge in [-0.2, -0.15) is 0 Å². The van der Waals surface area contributed by atoms with Crippen molar-refractivity contribution >= 4 is 33.4 Å². The normalized spacial score (nSPS) is 11.6. The van der Waals surface area contributed by atoms with Gasteiger partial charge in [0.05, 0.1) is 31.2 Å². The minimum Gasteiger partial charge on any atom is -0.508 e. The molecule has 2 aromatic heterocycles. The number of rotatable bonds is 6. The average Bonchev–Trinajstić information content (AvgIpc) is 3.20. The van der Waals surface area contributed by atoms with Crippen LogP contribution >= 0.6 is 11.3 Å². The molecule has 0 aliphatic carbocycles. The molecule has 0 spiro atoms. The molecule has 31 heavy (non-hydrogen) atoms. The quantitative estimate of drug-likeness (QED) is 0.444. The monoisotopic (exact) mass is 436 g/mol. The van der Waals surface area contributed by atoms with Gasteiger partial charge < -0.3 is 19.0 Å². The van der Waals surface area contributed by atoms with Gasteiger partial charge in [-0.15, -0.1) is 11.3 Å². The van der Waals surface area contributed by atoms with Crippen molar-refractivity contribution in [2.24, 2.45) is 4.99 Å². The number of methoxy groups -OCH3 is 1. The molecule has 0 unspecified atom stereocenters. The number of phenols is 1. The Morgan fingerprint density at radius 1 is 1.19 bits per heavy atom. The molecule has 7 nitrogen and oxygen atoms in total. The van der Waals surface area contributed by atoms with Crippen LogP contribution in [0, 0.1) is 0 Å². The lowest BCUT2D eigenvalue weighted by Gasteiger charge is -2.06. The number of thiazole rings is 1. The number of phenolic OH excluding ortho intramolecular Hbond substituents is 1. The topological polar surface area (TPSA) is 94.2 Å². The second-order valence-electron chi connectivity index (χ2n) is 6.62. The smallest absolute Gasteiger partial charge is 0.311 e. The zero-order valence-electron chi connectivity index (χ0n) is 17.0. The summed E-state index contributed by atoms with van der Waals surface area (Å²) in [6.45, 7) is 2.10. The summed E-state index contributed by atoms with van der Waals surface area (Å²) >= 11 is 1.33. The first-order chi connectivity index (χ1) is 15.1. The van der Waals surface area contributed by atoms with E-state index >= 15 is 0 Å². The van der Waals surface area contributed by atoms with Crippen LogP contribution < -0.4 is 10.1 Å². The molecule has 0 aliphatic rings. The van der Waals surface area contributed by atoms with Gasteiger partial charge in [-0.1, -0.05) is 0 Å². The highest BCUT2D eigenvalue weighted by Crippen LogP contribution is 2.27. The molecule has 0 saturated carbocycles. The fourth-order valence-corrected chi connectivity index (χ4v) is 3.74. The number of hydrogen-bond donors (Lipinski definition) is 1. The standard InChI is InChI=1S/C23H20N2O5S/c1-3-29-22(27)10-15-13-31-23(24-15)25-19-12-21(14-4-7-17(28-2)8-5-14)30-20-9-6-16(26)11-18(19)20/h4-9,11-13,26H,3,10H2,1-2H3/b25-19+. The van der Waals surface area contributed by atoms with Crippen molar-refractivity contribution < 1.29 is 23.8 Å². The van der Waals surface area contributed by atoms with Crippen molar-refractivity contribution in [3.63, 3.8) is 0 Å². The molecular formula is C23H20N2O5S. The molecule has 0 fully saturated rings. The van der Waals surface area contributed by atoms with Crippen LogP contribution in [0.15, 0.2) is 63.3 Å². The lowest BCUT2D eigenvalue weighted by molar-refractivity contribution is -0.142. The summed E-state index contributed by atoms with van der Waals surface area (Å²) in [5.74, 6) is 1.15. The van der Waals surface area contributed by atoms with E-state index in [-0.39, 0.29) is 18.1 Å². The number of fused-ring (bicyclic) bond motifs is 1. The van der Waals surface area contributed by atoms with Crippen LogP contribution in [0.1, 0.15) is 12.6 Å². The fraction of sp³-hybridized carbons (Fsp3) is 0.174. The van der Waals surface area contributed by atoms with Crippen molar-refractivity contribution in [3.05, 3.63) is 65.0 Å². The summed E-state index contributed by atoms with van der Waals surface area (Å²) < 4.78 is 16.2. The number of benzene rings is 2. The van der Waals surface area contributed by atoms with Crippen LogP contribution in [0.3, 0.4) is 0 Å². The fourth-order valence-electron chi connectivity index (χ4n) is 3.04. The predicted molar refractivity (Wildman–Crippen MR) is 118 cm³/mol.